The molecule has 0 aliphatic carbocycles. The van der Waals surface area contributed by atoms with E-state index in [0.29, 0.717) is 22.8 Å². The molecule has 2 fully saturated rings. The minimum atomic E-state index is -4.54. The van der Waals surface area contributed by atoms with E-state index < -0.39 is 12.0 Å². The zero-order valence-corrected chi connectivity index (χ0v) is 14.0. The molecule has 0 N–H and O–H groups in total. The molecule has 1 aromatic carbocycles. The van der Waals surface area contributed by atoms with E-state index in [2.05, 4.69) is 14.9 Å². The summed E-state index contributed by atoms with van der Waals surface area (Å²) < 4.78 is 39.7. The summed E-state index contributed by atoms with van der Waals surface area (Å²) in [7, 11) is 0. The van der Waals surface area contributed by atoms with Crippen LogP contribution in [0.25, 0.3) is 10.9 Å². The lowest BCUT2D eigenvalue weighted by atomic mass is 10.0. The summed E-state index contributed by atoms with van der Waals surface area (Å²) in [6.07, 6.45) is -0.0360. The van der Waals surface area contributed by atoms with E-state index in [1.807, 2.05) is 17.0 Å². The zero-order valence-electron chi connectivity index (χ0n) is 14.0. The van der Waals surface area contributed by atoms with Crippen molar-refractivity contribution in [2.75, 3.05) is 31.1 Å². The monoisotopic (exact) mass is 350 g/mol. The highest BCUT2D eigenvalue weighted by Gasteiger charge is 2.37. The van der Waals surface area contributed by atoms with E-state index in [1.54, 1.807) is 12.1 Å². The normalized spacial score (nSPS) is 22.7. The number of anilines is 1. The Balaban J connectivity index is 1.71. The molecule has 3 heterocycles. The molecule has 0 saturated carbocycles. The number of halogens is 3. The van der Waals surface area contributed by atoms with Gasteiger partial charge in [-0.15, -0.1) is 0 Å². The SMILES string of the molecule is FC(F)(F)c1nc(N2CCCC(N3CCCC3)C2)c2ccccc2n1. The van der Waals surface area contributed by atoms with Crippen molar-refractivity contribution < 1.29 is 13.2 Å². The van der Waals surface area contributed by atoms with Crippen LogP contribution in [0.5, 0.6) is 0 Å². The number of likely N-dealkylation sites (tertiary alicyclic amines) is 1. The average molecular weight is 350 g/mol. The van der Waals surface area contributed by atoms with Gasteiger partial charge in [0, 0.05) is 24.5 Å². The number of nitrogens with zero attached hydrogens (tertiary/aromatic N) is 4. The maximum atomic E-state index is 13.2. The quantitative estimate of drug-likeness (QED) is 0.826. The average Bonchev–Trinajstić information content (AvgIpc) is 3.15. The second-order valence-electron chi connectivity index (χ2n) is 6.87. The summed E-state index contributed by atoms with van der Waals surface area (Å²) >= 11 is 0. The van der Waals surface area contributed by atoms with Crippen LogP contribution in [0.4, 0.5) is 19.0 Å². The van der Waals surface area contributed by atoms with E-state index in [9.17, 15) is 13.2 Å². The number of fused-ring (bicyclic) bond motifs is 1. The summed E-state index contributed by atoms with van der Waals surface area (Å²) in [5.74, 6) is -0.633. The summed E-state index contributed by atoms with van der Waals surface area (Å²) in [5.41, 5.74) is 0.350. The third-order valence-electron chi connectivity index (χ3n) is 5.19. The molecule has 1 atom stereocenters. The minimum Gasteiger partial charge on any atom is -0.354 e. The molecule has 1 aromatic heterocycles. The Morgan fingerprint density at radius 2 is 1.72 bits per heavy atom. The van der Waals surface area contributed by atoms with Gasteiger partial charge in [-0.2, -0.15) is 13.2 Å². The van der Waals surface area contributed by atoms with Crippen LogP contribution in [0.1, 0.15) is 31.5 Å². The van der Waals surface area contributed by atoms with E-state index in [0.717, 1.165) is 39.0 Å². The first-order valence-electron chi connectivity index (χ1n) is 8.85. The fourth-order valence-corrected chi connectivity index (χ4v) is 3.98. The predicted molar refractivity (Wildman–Crippen MR) is 90.6 cm³/mol. The van der Waals surface area contributed by atoms with E-state index in [-0.39, 0.29) is 0 Å². The fraction of sp³-hybridized carbons (Fsp3) is 0.556. The van der Waals surface area contributed by atoms with Crippen LogP contribution in [-0.2, 0) is 6.18 Å². The van der Waals surface area contributed by atoms with Crippen molar-refractivity contribution in [1.82, 2.24) is 14.9 Å². The molecule has 0 amide bonds. The summed E-state index contributed by atoms with van der Waals surface area (Å²) in [4.78, 5) is 12.1. The molecule has 7 heteroatoms. The summed E-state index contributed by atoms with van der Waals surface area (Å²) in [6, 6.07) is 7.37. The molecule has 2 aliphatic heterocycles. The second-order valence-corrected chi connectivity index (χ2v) is 6.87. The van der Waals surface area contributed by atoms with E-state index >= 15 is 0 Å². The van der Waals surface area contributed by atoms with Crippen LogP contribution in [0.3, 0.4) is 0 Å². The Morgan fingerprint density at radius 1 is 0.960 bits per heavy atom. The first-order chi connectivity index (χ1) is 12.0. The highest BCUT2D eigenvalue weighted by atomic mass is 19.4. The third-order valence-corrected chi connectivity index (χ3v) is 5.19. The molecular weight excluding hydrogens is 329 g/mol. The van der Waals surface area contributed by atoms with E-state index in [4.69, 9.17) is 0 Å². The van der Waals surface area contributed by atoms with Crippen molar-refractivity contribution in [2.45, 2.75) is 37.9 Å². The highest BCUT2D eigenvalue weighted by Crippen LogP contribution is 2.33. The largest absolute Gasteiger partial charge is 0.451 e. The number of aromatic nitrogens is 2. The van der Waals surface area contributed by atoms with Crippen LogP contribution in [0.2, 0.25) is 0 Å². The van der Waals surface area contributed by atoms with Crippen LogP contribution < -0.4 is 4.90 Å². The lowest BCUT2D eigenvalue weighted by molar-refractivity contribution is -0.144. The lowest BCUT2D eigenvalue weighted by Gasteiger charge is -2.38. The first kappa shape index (κ1) is 16.6. The van der Waals surface area contributed by atoms with Gasteiger partial charge >= 0.3 is 6.18 Å². The molecule has 2 aromatic rings. The van der Waals surface area contributed by atoms with Gasteiger partial charge < -0.3 is 4.90 Å². The standard InChI is InChI=1S/C18H21F3N4/c19-18(20,21)17-22-15-8-2-1-7-14(15)16(23-17)25-11-5-6-13(12-25)24-9-3-4-10-24/h1-2,7-8,13H,3-6,9-12H2. The Morgan fingerprint density at radius 3 is 2.48 bits per heavy atom. The van der Waals surface area contributed by atoms with Crippen molar-refractivity contribution in [2.24, 2.45) is 0 Å². The van der Waals surface area contributed by atoms with Gasteiger partial charge in [0.25, 0.3) is 0 Å². The van der Waals surface area contributed by atoms with E-state index in [1.165, 1.54) is 12.8 Å². The molecule has 0 spiro atoms. The molecule has 1 unspecified atom stereocenters. The van der Waals surface area contributed by atoms with Gasteiger partial charge in [0.2, 0.25) is 5.82 Å². The second kappa shape index (κ2) is 6.44. The van der Waals surface area contributed by atoms with Crippen molar-refractivity contribution in [3.05, 3.63) is 30.1 Å². The minimum absolute atomic E-state index is 0.350. The molecule has 25 heavy (non-hydrogen) atoms. The van der Waals surface area contributed by atoms with Gasteiger partial charge in [-0.3, -0.25) is 4.90 Å². The number of hydrogen-bond acceptors (Lipinski definition) is 4. The van der Waals surface area contributed by atoms with Gasteiger partial charge in [-0.05, 0) is 50.9 Å². The molecule has 2 aliphatic rings. The number of rotatable bonds is 2. The number of hydrogen-bond donors (Lipinski definition) is 0. The Hall–Kier alpha value is -1.89. The van der Waals surface area contributed by atoms with Gasteiger partial charge in [0.05, 0.1) is 5.52 Å². The molecule has 2 saturated heterocycles. The van der Waals surface area contributed by atoms with Crippen molar-refractivity contribution in [1.29, 1.82) is 0 Å². The summed E-state index contributed by atoms with van der Waals surface area (Å²) in [5, 5.41) is 0.692. The van der Waals surface area contributed by atoms with Gasteiger partial charge in [0.1, 0.15) is 5.82 Å². The van der Waals surface area contributed by atoms with Crippen molar-refractivity contribution in [3.8, 4) is 0 Å². The maximum absolute atomic E-state index is 13.2. The predicted octanol–water partition coefficient (Wildman–Crippen LogP) is 3.71. The van der Waals surface area contributed by atoms with Crippen molar-refractivity contribution >= 4 is 16.7 Å². The van der Waals surface area contributed by atoms with Crippen LogP contribution >= 0.6 is 0 Å². The highest BCUT2D eigenvalue weighted by molar-refractivity contribution is 5.89. The molecule has 134 valence electrons. The number of alkyl halides is 3. The van der Waals surface area contributed by atoms with Crippen molar-refractivity contribution in [3.63, 3.8) is 0 Å². The van der Waals surface area contributed by atoms with Gasteiger partial charge in [-0.1, -0.05) is 12.1 Å². The molecule has 0 bridgehead atoms. The molecule has 4 nitrogen and oxygen atoms in total. The smallest absolute Gasteiger partial charge is 0.354 e. The Bertz CT molecular complexity index is 756. The van der Waals surface area contributed by atoms with Gasteiger partial charge in [-0.25, -0.2) is 9.97 Å². The number of piperidine rings is 1. The zero-order chi connectivity index (χ0) is 17.4. The van der Waals surface area contributed by atoms with Gasteiger partial charge in [0.15, 0.2) is 0 Å². The molecule has 4 rings (SSSR count). The third kappa shape index (κ3) is 3.29. The Labute approximate surface area is 144 Å². The molecule has 0 radical (unpaired) electrons. The fourth-order valence-electron chi connectivity index (χ4n) is 3.98. The topological polar surface area (TPSA) is 32.3 Å². The van der Waals surface area contributed by atoms with Crippen LogP contribution in [0, 0.1) is 0 Å². The molecular formula is C18H21F3N4. The Kier molecular flexibility index (Phi) is 4.27. The maximum Gasteiger partial charge on any atom is 0.451 e. The lowest BCUT2D eigenvalue weighted by Crippen LogP contribution is -2.47. The summed E-state index contributed by atoms with van der Waals surface area (Å²) in [6.45, 7) is 3.66. The van der Waals surface area contributed by atoms with Crippen LogP contribution in [0.15, 0.2) is 24.3 Å². The van der Waals surface area contributed by atoms with Crippen LogP contribution in [-0.4, -0.2) is 47.1 Å². The number of para-hydroxylation sites is 1. The number of benzene rings is 1. The first-order valence-corrected chi connectivity index (χ1v) is 8.85.